The van der Waals surface area contributed by atoms with E-state index in [0.717, 1.165) is 0 Å². The van der Waals surface area contributed by atoms with Gasteiger partial charge in [-0.2, -0.15) is 5.10 Å². The van der Waals surface area contributed by atoms with Crippen molar-refractivity contribution in [2.45, 2.75) is 6.92 Å². The molecule has 1 aromatic heterocycles. The minimum absolute atomic E-state index is 0.133. The lowest BCUT2D eigenvalue weighted by molar-refractivity contribution is 0.474. The molecule has 92 valence electrons. The Morgan fingerprint density at radius 1 is 1.44 bits per heavy atom. The van der Waals surface area contributed by atoms with E-state index in [1.165, 1.54) is 12.4 Å². The molecule has 2 rings (SSSR count). The number of rotatable bonds is 3. The molecule has 0 unspecified atom stereocenters. The molecule has 6 heteroatoms. The van der Waals surface area contributed by atoms with E-state index in [1.54, 1.807) is 31.2 Å². The Bertz CT molecular complexity index is 634. The topological polar surface area (TPSA) is 90.4 Å². The quantitative estimate of drug-likeness (QED) is 0.559. The number of aryl methyl sites for hydroxylation is 1. The van der Waals surface area contributed by atoms with Crippen LogP contribution in [0.2, 0.25) is 0 Å². The van der Waals surface area contributed by atoms with E-state index < -0.39 is 0 Å². The Hall–Kier alpha value is -2.63. The van der Waals surface area contributed by atoms with Gasteiger partial charge in [0.25, 0.3) is 5.56 Å². The van der Waals surface area contributed by atoms with Gasteiger partial charge in [-0.3, -0.25) is 9.78 Å². The van der Waals surface area contributed by atoms with Gasteiger partial charge >= 0.3 is 0 Å². The zero-order chi connectivity index (χ0) is 13.0. The Morgan fingerprint density at radius 3 is 2.94 bits per heavy atom. The SMILES string of the molecule is Cc1cnc(NN=Cc2ccccc2O)[nH]c1=O. The first-order valence-corrected chi connectivity index (χ1v) is 5.30. The molecule has 0 bridgehead atoms. The fourth-order valence-corrected chi connectivity index (χ4v) is 1.27. The Labute approximate surface area is 103 Å². The van der Waals surface area contributed by atoms with Gasteiger partial charge in [0, 0.05) is 17.3 Å². The minimum Gasteiger partial charge on any atom is -0.507 e. The largest absolute Gasteiger partial charge is 0.507 e. The fourth-order valence-electron chi connectivity index (χ4n) is 1.27. The molecule has 0 saturated heterocycles. The number of aromatic nitrogens is 2. The first-order chi connectivity index (χ1) is 8.66. The Balaban J connectivity index is 2.10. The van der Waals surface area contributed by atoms with Gasteiger partial charge in [0.2, 0.25) is 5.95 Å². The van der Waals surface area contributed by atoms with Gasteiger partial charge in [-0.1, -0.05) is 12.1 Å². The molecule has 0 aliphatic heterocycles. The van der Waals surface area contributed by atoms with E-state index in [-0.39, 0.29) is 17.3 Å². The van der Waals surface area contributed by atoms with Gasteiger partial charge in [-0.05, 0) is 19.1 Å². The number of hydrogen-bond donors (Lipinski definition) is 3. The predicted octanol–water partition coefficient (Wildman–Crippen LogP) is 1.23. The summed E-state index contributed by atoms with van der Waals surface area (Å²) in [5.74, 6) is 0.380. The number of H-pyrrole nitrogens is 1. The van der Waals surface area contributed by atoms with Crippen LogP contribution in [-0.4, -0.2) is 21.3 Å². The Kier molecular flexibility index (Phi) is 3.38. The molecule has 18 heavy (non-hydrogen) atoms. The lowest BCUT2D eigenvalue weighted by Gasteiger charge is -2.00. The predicted molar refractivity (Wildman–Crippen MR) is 68.9 cm³/mol. The van der Waals surface area contributed by atoms with Crippen LogP contribution >= 0.6 is 0 Å². The molecule has 0 saturated carbocycles. The highest BCUT2D eigenvalue weighted by atomic mass is 16.3. The third-order valence-corrected chi connectivity index (χ3v) is 2.29. The van der Waals surface area contributed by atoms with Gasteiger partial charge < -0.3 is 5.11 Å². The standard InChI is InChI=1S/C12H12N4O2/c1-8-6-13-12(15-11(8)18)16-14-7-9-4-2-3-5-10(9)17/h2-7,17H,1H3,(H2,13,15,16,18). The van der Waals surface area contributed by atoms with Gasteiger partial charge in [0.15, 0.2) is 0 Å². The Morgan fingerprint density at radius 2 is 2.22 bits per heavy atom. The van der Waals surface area contributed by atoms with Crippen molar-refractivity contribution in [1.29, 1.82) is 0 Å². The number of para-hydroxylation sites is 1. The fraction of sp³-hybridized carbons (Fsp3) is 0.0833. The van der Waals surface area contributed by atoms with Gasteiger partial charge in [-0.15, -0.1) is 0 Å². The van der Waals surface area contributed by atoms with E-state index in [0.29, 0.717) is 11.1 Å². The highest BCUT2D eigenvalue weighted by Crippen LogP contribution is 2.12. The molecule has 0 spiro atoms. The summed E-state index contributed by atoms with van der Waals surface area (Å²) in [5.41, 5.74) is 3.46. The van der Waals surface area contributed by atoms with Gasteiger partial charge in [0.05, 0.1) is 6.21 Å². The molecule has 1 heterocycles. The molecule has 2 aromatic rings. The molecule has 0 aliphatic carbocycles. The van der Waals surface area contributed by atoms with E-state index >= 15 is 0 Å². The molecule has 0 amide bonds. The zero-order valence-electron chi connectivity index (χ0n) is 9.71. The summed E-state index contributed by atoms with van der Waals surface area (Å²) in [7, 11) is 0. The smallest absolute Gasteiger partial charge is 0.255 e. The van der Waals surface area contributed by atoms with Crippen molar-refractivity contribution in [3.05, 3.63) is 51.9 Å². The normalized spacial score (nSPS) is 10.7. The number of nitrogens with zero attached hydrogens (tertiary/aromatic N) is 2. The van der Waals surface area contributed by atoms with Crippen LogP contribution in [0.1, 0.15) is 11.1 Å². The van der Waals surface area contributed by atoms with Crippen LogP contribution in [0, 0.1) is 6.92 Å². The second kappa shape index (κ2) is 5.13. The van der Waals surface area contributed by atoms with E-state index in [2.05, 4.69) is 20.5 Å². The molecule has 0 fully saturated rings. The lowest BCUT2D eigenvalue weighted by atomic mass is 10.2. The number of nitrogens with one attached hydrogen (secondary N) is 2. The van der Waals surface area contributed by atoms with Crippen molar-refractivity contribution in [2.75, 3.05) is 5.43 Å². The van der Waals surface area contributed by atoms with Crippen molar-refractivity contribution in [2.24, 2.45) is 5.10 Å². The summed E-state index contributed by atoms with van der Waals surface area (Å²) in [6.07, 6.45) is 2.89. The third-order valence-electron chi connectivity index (χ3n) is 2.29. The molecule has 0 radical (unpaired) electrons. The number of aromatic amines is 1. The highest BCUT2D eigenvalue weighted by Gasteiger charge is 1.97. The zero-order valence-corrected chi connectivity index (χ0v) is 9.71. The highest BCUT2D eigenvalue weighted by molar-refractivity contribution is 5.83. The molecule has 0 atom stereocenters. The maximum Gasteiger partial charge on any atom is 0.255 e. The van der Waals surface area contributed by atoms with Crippen molar-refractivity contribution in [1.82, 2.24) is 9.97 Å². The van der Waals surface area contributed by atoms with Gasteiger partial charge in [0.1, 0.15) is 5.75 Å². The summed E-state index contributed by atoms with van der Waals surface area (Å²) in [5, 5.41) is 13.4. The van der Waals surface area contributed by atoms with Crippen LogP contribution in [-0.2, 0) is 0 Å². The number of hydrogen-bond acceptors (Lipinski definition) is 5. The summed E-state index contributed by atoms with van der Waals surface area (Å²) in [6.45, 7) is 1.67. The van der Waals surface area contributed by atoms with Crippen LogP contribution in [0.5, 0.6) is 5.75 Å². The second-order valence-corrected chi connectivity index (χ2v) is 3.67. The summed E-state index contributed by atoms with van der Waals surface area (Å²) in [6, 6.07) is 6.78. The van der Waals surface area contributed by atoms with Crippen LogP contribution in [0.3, 0.4) is 0 Å². The van der Waals surface area contributed by atoms with Crippen LogP contribution in [0.4, 0.5) is 5.95 Å². The summed E-state index contributed by atoms with van der Waals surface area (Å²) >= 11 is 0. The van der Waals surface area contributed by atoms with E-state index in [9.17, 15) is 9.90 Å². The van der Waals surface area contributed by atoms with E-state index in [1.807, 2.05) is 0 Å². The van der Waals surface area contributed by atoms with Crippen molar-refractivity contribution in [3.8, 4) is 5.75 Å². The van der Waals surface area contributed by atoms with Crippen molar-refractivity contribution < 1.29 is 5.11 Å². The average molecular weight is 244 g/mol. The molecular formula is C12H12N4O2. The summed E-state index contributed by atoms with van der Waals surface area (Å²) < 4.78 is 0. The molecular weight excluding hydrogens is 232 g/mol. The average Bonchev–Trinajstić information content (AvgIpc) is 2.36. The third kappa shape index (κ3) is 2.73. The number of anilines is 1. The minimum atomic E-state index is -0.217. The first kappa shape index (κ1) is 11.8. The molecule has 3 N–H and O–H groups in total. The molecule has 6 nitrogen and oxygen atoms in total. The number of phenols is 1. The van der Waals surface area contributed by atoms with Crippen molar-refractivity contribution in [3.63, 3.8) is 0 Å². The maximum atomic E-state index is 11.3. The number of phenolic OH excluding ortho intramolecular Hbond substituents is 1. The number of benzene rings is 1. The van der Waals surface area contributed by atoms with E-state index in [4.69, 9.17) is 0 Å². The monoisotopic (exact) mass is 244 g/mol. The first-order valence-electron chi connectivity index (χ1n) is 5.30. The van der Waals surface area contributed by atoms with Crippen LogP contribution in [0.25, 0.3) is 0 Å². The molecule has 0 aliphatic rings. The van der Waals surface area contributed by atoms with Crippen LogP contribution < -0.4 is 11.0 Å². The number of aromatic hydroxyl groups is 1. The molecule has 1 aromatic carbocycles. The van der Waals surface area contributed by atoms with Crippen LogP contribution in [0.15, 0.2) is 40.4 Å². The van der Waals surface area contributed by atoms with Crippen molar-refractivity contribution >= 4 is 12.2 Å². The summed E-state index contributed by atoms with van der Waals surface area (Å²) in [4.78, 5) is 17.8. The maximum absolute atomic E-state index is 11.3. The van der Waals surface area contributed by atoms with Gasteiger partial charge in [-0.25, -0.2) is 10.4 Å². The second-order valence-electron chi connectivity index (χ2n) is 3.67. The number of hydrazone groups is 1. The lowest BCUT2D eigenvalue weighted by Crippen LogP contribution is -2.12.